The lowest BCUT2D eigenvalue weighted by molar-refractivity contribution is 0.0658. The summed E-state index contributed by atoms with van der Waals surface area (Å²) in [5.74, 6) is 0.0651. The van der Waals surface area contributed by atoms with Crippen LogP contribution >= 0.6 is 0 Å². The molecule has 1 aliphatic rings. The minimum atomic E-state index is -0.520. The van der Waals surface area contributed by atoms with Crippen molar-refractivity contribution in [1.82, 2.24) is 9.47 Å². The number of amides is 1. The number of nitrogens with zero attached hydrogens (tertiary/aromatic N) is 2. The Morgan fingerprint density at radius 2 is 2.05 bits per heavy atom. The molecule has 2 aromatic rings. The minimum Gasteiger partial charge on any atom is -0.388 e. The number of aryl methyl sites for hydroxylation is 1. The molecule has 1 aromatic carbocycles. The molecule has 1 saturated heterocycles. The summed E-state index contributed by atoms with van der Waals surface area (Å²) in [5.41, 5.74) is 1.63. The zero-order valence-electron chi connectivity index (χ0n) is 12.9. The lowest BCUT2D eigenvalue weighted by Crippen LogP contribution is -2.37. The summed E-state index contributed by atoms with van der Waals surface area (Å²) in [6, 6.07) is 13.5. The summed E-state index contributed by atoms with van der Waals surface area (Å²) in [6.07, 6.45) is 3.92. The number of benzene rings is 1. The van der Waals surface area contributed by atoms with Crippen LogP contribution in [0.4, 0.5) is 0 Å². The van der Waals surface area contributed by atoms with Crippen LogP contribution in [0.3, 0.4) is 0 Å². The second kappa shape index (κ2) is 6.36. The Morgan fingerprint density at radius 1 is 1.27 bits per heavy atom. The molecule has 0 bridgehead atoms. The van der Waals surface area contributed by atoms with Gasteiger partial charge >= 0.3 is 0 Å². The van der Waals surface area contributed by atoms with E-state index in [2.05, 4.69) is 0 Å². The van der Waals surface area contributed by atoms with Gasteiger partial charge in [0.15, 0.2) is 0 Å². The van der Waals surface area contributed by atoms with Crippen LogP contribution in [0.5, 0.6) is 0 Å². The Morgan fingerprint density at radius 3 is 2.73 bits per heavy atom. The molecule has 116 valence electrons. The molecule has 0 unspecified atom stereocenters. The van der Waals surface area contributed by atoms with Crippen LogP contribution in [-0.2, 0) is 7.05 Å². The van der Waals surface area contributed by atoms with E-state index >= 15 is 0 Å². The predicted octanol–water partition coefficient (Wildman–Crippen LogP) is 2.75. The van der Waals surface area contributed by atoms with Gasteiger partial charge in [0, 0.05) is 25.8 Å². The molecule has 1 aromatic heterocycles. The van der Waals surface area contributed by atoms with E-state index in [1.54, 1.807) is 0 Å². The lowest BCUT2D eigenvalue weighted by atomic mass is 10.0. The van der Waals surface area contributed by atoms with Crippen LogP contribution in [-0.4, -0.2) is 33.1 Å². The zero-order valence-corrected chi connectivity index (χ0v) is 12.9. The Bertz CT molecular complexity index is 636. The Balaban J connectivity index is 1.71. The highest BCUT2D eigenvalue weighted by molar-refractivity contribution is 5.93. The normalized spacial score (nSPS) is 19.4. The van der Waals surface area contributed by atoms with Crippen molar-refractivity contribution in [3.8, 4) is 0 Å². The van der Waals surface area contributed by atoms with Crippen LogP contribution in [0, 0.1) is 0 Å². The number of aromatic nitrogens is 1. The Labute approximate surface area is 131 Å². The van der Waals surface area contributed by atoms with Crippen molar-refractivity contribution in [2.75, 3.05) is 6.54 Å². The third-order valence-corrected chi connectivity index (χ3v) is 4.48. The number of aliphatic hydroxyl groups excluding tert-OH is 1. The maximum atomic E-state index is 12.7. The molecular formula is C18H22N2O2. The molecule has 3 rings (SSSR count). The minimum absolute atomic E-state index is 0.0651. The number of carbonyl (C=O) groups excluding carboxylic acids is 1. The van der Waals surface area contributed by atoms with Gasteiger partial charge in [-0.3, -0.25) is 4.79 Å². The molecule has 0 aliphatic carbocycles. The number of likely N-dealkylation sites (tertiary alicyclic amines) is 1. The fourth-order valence-electron chi connectivity index (χ4n) is 3.25. The molecule has 4 heteroatoms. The van der Waals surface area contributed by atoms with E-state index in [0.717, 1.165) is 24.9 Å². The number of hydrogen-bond donors (Lipinski definition) is 1. The highest BCUT2D eigenvalue weighted by atomic mass is 16.3. The lowest BCUT2D eigenvalue weighted by Gasteiger charge is -2.27. The van der Waals surface area contributed by atoms with Crippen molar-refractivity contribution < 1.29 is 9.90 Å². The summed E-state index contributed by atoms with van der Waals surface area (Å²) in [6.45, 7) is 0.774. The molecule has 22 heavy (non-hydrogen) atoms. The van der Waals surface area contributed by atoms with Gasteiger partial charge in [0.05, 0.1) is 6.10 Å². The maximum absolute atomic E-state index is 12.7. The quantitative estimate of drug-likeness (QED) is 0.943. The summed E-state index contributed by atoms with van der Waals surface area (Å²) < 4.78 is 1.85. The van der Waals surface area contributed by atoms with Crippen molar-refractivity contribution in [3.63, 3.8) is 0 Å². The van der Waals surface area contributed by atoms with Gasteiger partial charge < -0.3 is 14.6 Å². The molecule has 0 radical (unpaired) electrons. The van der Waals surface area contributed by atoms with E-state index in [0.29, 0.717) is 12.1 Å². The molecule has 1 aliphatic heterocycles. The van der Waals surface area contributed by atoms with E-state index in [9.17, 15) is 9.90 Å². The highest BCUT2D eigenvalue weighted by Crippen LogP contribution is 2.28. The van der Waals surface area contributed by atoms with Crippen LogP contribution < -0.4 is 0 Å². The smallest absolute Gasteiger partial charge is 0.270 e. The van der Waals surface area contributed by atoms with Crippen LogP contribution in [0.1, 0.15) is 41.4 Å². The number of rotatable bonds is 4. The third-order valence-electron chi connectivity index (χ3n) is 4.48. The first-order valence-corrected chi connectivity index (χ1v) is 7.82. The third kappa shape index (κ3) is 2.92. The number of aliphatic hydroxyl groups is 1. The first kappa shape index (κ1) is 14.9. The number of carbonyl (C=O) groups is 1. The second-order valence-corrected chi connectivity index (χ2v) is 5.96. The summed E-state index contributed by atoms with van der Waals surface area (Å²) in [7, 11) is 1.89. The monoisotopic (exact) mass is 298 g/mol. The van der Waals surface area contributed by atoms with Crippen LogP contribution in [0.2, 0.25) is 0 Å². The molecule has 0 spiro atoms. The first-order valence-electron chi connectivity index (χ1n) is 7.82. The van der Waals surface area contributed by atoms with Crippen molar-refractivity contribution in [2.24, 2.45) is 7.05 Å². The fourth-order valence-corrected chi connectivity index (χ4v) is 3.25. The van der Waals surface area contributed by atoms with Gasteiger partial charge in [-0.15, -0.1) is 0 Å². The largest absolute Gasteiger partial charge is 0.388 e. The molecule has 2 atom stereocenters. The molecular weight excluding hydrogens is 276 g/mol. The van der Waals surface area contributed by atoms with E-state index in [1.165, 1.54) is 0 Å². The zero-order chi connectivity index (χ0) is 15.5. The van der Waals surface area contributed by atoms with Gasteiger partial charge in [-0.1, -0.05) is 30.3 Å². The summed E-state index contributed by atoms with van der Waals surface area (Å²) >= 11 is 0. The van der Waals surface area contributed by atoms with Crippen LogP contribution in [0.25, 0.3) is 0 Å². The molecule has 1 N–H and O–H groups in total. The summed E-state index contributed by atoms with van der Waals surface area (Å²) in [4.78, 5) is 14.6. The van der Waals surface area contributed by atoms with Crippen LogP contribution in [0.15, 0.2) is 48.7 Å². The van der Waals surface area contributed by atoms with E-state index in [4.69, 9.17) is 0 Å². The van der Waals surface area contributed by atoms with E-state index in [-0.39, 0.29) is 11.9 Å². The first-order chi connectivity index (χ1) is 10.7. The van der Waals surface area contributed by atoms with Crippen molar-refractivity contribution in [1.29, 1.82) is 0 Å². The molecule has 0 saturated carbocycles. The van der Waals surface area contributed by atoms with Crippen molar-refractivity contribution >= 4 is 5.91 Å². The SMILES string of the molecule is Cn1cccc1C(=O)N1CCC[C@H]1C[C@@H](O)c1ccccc1. The Kier molecular flexibility index (Phi) is 4.29. The van der Waals surface area contributed by atoms with Gasteiger partial charge in [-0.2, -0.15) is 0 Å². The molecule has 1 fully saturated rings. The predicted molar refractivity (Wildman–Crippen MR) is 85.5 cm³/mol. The van der Waals surface area contributed by atoms with Gasteiger partial charge in [0.2, 0.25) is 0 Å². The second-order valence-electron chi connectivity index (χ2n) is 5.96. The van der Waals surface area contributed by atoms with Gasteiger partial charge in [0.25, 0.3) is 5.91 Å². The van der Waals surface area contributed by atoms with E-state index in [1.807, 2.05) is 65.2 Å². The Hall–Kier alpha value is -2.07. The number of hydrogen-bond acceptors (Lipinski definition) is 2. The fraction of sp³-hybridized carbons (Fsp3) is 0.389. The van der Waals surface area contributed by atoms with Crippen molar-refractivity contribution in [2.45, 2.75) is 31.4 Å². The standard InChI is InChI=1S/C18H22N2O2/c1-19-11-6-10-16(19)18(22)20-12-5-9-15(20)13-17(21)14-7-3-2-4-8-14/h2-4,6-8,10-11,15,17,21H,5,9,12-13H2,1H3/t15-,17+/m0/s1. The average molecular weight is 298 g/mol. The average Bonchev–Trinajstić information content (AvgIpc) is 3.16. The van der Waals surface area contributed by atoms with Gasteiger partial charge in [-0.25, -0.2) is 0 Å². The van der Waals surface area contributed by atoms with Gasteiger partial charge in [0.1, 0.15) is 5.69 Å². The highest BCUT2D eigenvalue weighted by Gasteiger charge is 2.31. The topological polar surface area (TPSA) is 45.5 Å². The summed E-state index contributed by atoms with van der Waals surface area (Å²) in [5, 5.41) is 10.4. The molecule has 4 nitrogen and oxygen atoms in total. The maximum Gasteiger partial charge on any atom is 0.270 e. The van der Waals surface area contributed by atoms with E-state index < -0.39 is 6.10 Å². The van der Waals surface area contributed by atoms with Gasteiger partial charge in [-0.05, 0) is 37.0 Å². The van der Waals surface area contributed by atoms with Crippen molar-refractivity contribution in [3.05, 3.63) is 59.9 Å². The molecule has 1 amide bonds. The molecule has 2 heterocycles.